The molecule has 1 atom stereocenters. The summed E-state index contributed by atoms with van der Waals surface area (Å²) in [6.07, 6.45) is 0.281. The van der Waals surface area contributed by atoms with Crippen LogP contribution in [-0.2, 0) is 20.8 Å². The van der Waals surface area contributed by atoms with Gasteiger partial charge in [-0.15, -0.1) is 0 Å². The molecule has 0 aliphatic rings. The van der Waals surface area contributed by atoms with Gasteiger partial charge in [0.1, 0.15) is 11.8 Å². The first-order chi connectivity index (χ1) is 12.3. The van der Waals surface area contributed by atoms with Crippen molar-refractivity contribution in [3.63, 3.8) is 0 Å². The van der Waals surface area contributed by atoms with Gasteiger partial charge in [0, 0.05) is 11.4 Å². The van der Waals surface area contributed by atoms with Gasteiger partial charge in [-0.2, -0.15) is 0 Å². The molecule has 0 aliphatic heterocycles. The number of carboxylic acid groups (broad SMARTS) is 1. The Balaban J connectivity index is 1.96. The molecule has 2 N–H and O–H groups in total. The predicted molar refractivity (Wildman–Crippen MR) is 100 cm³/mol. The molecule has 0 bridgehead atoms. The van der Waals surface area contributed by atoms with Gasteiger partial charge in [0.15, 0.2) is 0 Å². The maximum Gasteiger partial charge on any atom is 0.326 e. The van der Waals surface area contributed by atoms with Crippen molar-refractivity contribution in [1.29, 1.82) is 0 Å². The largest absolute Gasteiger partial charge is 0.480 e. The quantitative estimate of drug-likeness (QED) is 0.741. The molecule has 2 aromatic rings. The minimum Gasteiger partial charge on any atom is -0.480 e. The van der Waals surface area contributed by atoms with Gasteiger partial charge in [-0.05, 0) is 42.2 Å². The van der Waals surface area contributed by atoms with E-state index in [0.29, 0.717) is 5.02 Å². The maximum atomic E-state index is 12.1. The molecule has 136 valence electrons. The van der Waals surface area contributed by atoms with E-state index in [1.165, 1.54) is 6.92 Å². The average molecular weight is 374 g/mol. The van der Waals surface area contributed by atoms with Crippen molar-refractivity contribution in [2.24, 2.45) is 0 Å². The van der Waals surface area contributed by atoms with Crippen LogP contribution in [0.15, 0.2) is 48.5 Å². The van der Waals surface area contributed by atoms with Crippen molar-refractivity contribution in [3.05, 3.63) is 59.1 Å². The molecule has 0 spiro atoms. The number of hydrogen-bond donors (Lipinski definition) is 2. The second-order valence-electron chi connectivity index (χ2n) is 6.08. The van der Waals surface area contributed by atoms with E-state index < -0.39 is 12.0 Å². The first-order valence-corrected chi connectivity index (χ1v) is 8.59. The molecule has 0 saturated heterocycles. The summed E-state index contributed by atoms with van der Waals surface area (Å²) < 4.78 is 0. The zero-order valence-corrected chi connectivity index (χ0v) is 15.1. The van der Waals surface area contributed by atoms with Gasteiger partial charge in [-0.25, -0.2) is 4.79 Å². The van der Waals surface area contributed by atoms with Gasteiger partial charge in [0.25, 0.3) is 0 Å². The van der Waals surface area contributed by atoms with E-state index in [1.807, 2.05) is 48.5 Å². The fourth-order valence-corrected chi connectivity index (χ4v) is 2.62. The van der Waals surface area contributed by atoms with Crippen molar-refractivity contribution in [2.75, 3.05) is 0 Å². The molecule has 0 saturated carbocycles. The van der Waals surface area contributed by atoms with Gasteiger partial charge in [-0.3, -0.25) is 4.79 Å². The highest BCUT2D eigenvalue weighted by Crippen LogP contribution is 2.22. The van der Waals surface area contributed by atoms with Crippen molar-refractivity contribution >= 4 is 29.3 Å². The summed E-state index contributed by atoms with van der Waals surface area (Å²) in [5.74, 6) is -1.64. The highest BCUT2D eigenvalue weighted by molar-refractivity contribution is 6.30. The molecule has 5 nitrogen and oxygen atoms in total. The fourth-order valence-electron chi connectivity index (χ4n) is 2.49. The van der Waals surface area contributed by atoms with E-state index in [4.69, 9.17) is 16.7 Å². The highest BCUT2D eigenvalue weighted by atomic mass is 35.5. The normalized spacial score (nSPS) is 11.6. The average Bonchev–Trinajstić information content (AvgIpc) is 2.59. The van der Waals surface area contributed by atoms with Crippen LogP contribution < -0.4 is 5.32 Å². The Hall–Kier alpha value is -2.66. The number of Topliss-reactive ketones (excluding diaryl/α,β-unsaturated/α-hetero) is 1. The molecule has 6 heteroatoms. The summed E-state index contributed by atoms with van der Waals surface area (Å²) in [6.45, 7) is 1.39. The number of carbonyl (C=O) groups is 3. The van der Waals surface area contributed by atoms with Crippen LogP contribution in [0.4, 0.5) is 0 Å². The van der Waals surface area contributed by atoms with E-state index in [-0.39, 0.29) is 31.0 Å². The van der Waals surface area contributed by atoms with E-state index in [0.717, 1.165) is 16.7 Å². The maximum absolute atomic E-state index is 12.1. The lowest BCUT2D eigenvalue weighted by Crippen LogP contribution is -2.41. The van der Waals surface area contributed by atoms with Crippen LogP contribution >= 0.6 is 11.6 Å². The standard InChI is InChI=1S/C20H20ClNO4/c1-13(23)2-11-18(20(25)26)22-19(24)12-14-3-5-15(6-4-14)16-7-9-17(21)10-8-16/h3-10,18H,2,11-12H2,1H3,(H,22,24)(H,25,26)/t18-/m0/s1. The van der Waals surface area contributed by atoms with Crippen LogP contribution in [0.2, 0.25) is 5.02 Å². The number of ketones is 1. The Morgan fingerprint density at radius 3 is 2.04 bits per heavy atom. The van der Waals surface area contributed by atoms with E-state index in [2.05, 4.69) is 5.32 Å². The van der Waals surface area contributed by atoms with Crippen molar-refractivity contribution in [3.8, 4) is 11.1 Å². The minimum absolute atomic E-state index is 0.0742. The lowest BCUT2D eigenvalue weighted by molar-refractivity contribution is -0.142. The predicted octanol–water partition coefficient (Wildman–Crippen LogP) is 3.49. The highest BCUT2D eigenvalue weighted by Gasteiger charge is 2.20. The van der Waals surface area contributed by atoms with Crippen molar-refractivity contribution in [2.45, 2.75) is 32.2 Å². The molecule has 0 aromatic heterocycles. The third kappa shape index (κ3) is 6.01. The smallest absolute Gasteiger partial charge is 0.326 e. The van der Waals surface area contributed by atoms with E-state index >= 15 is 0 Å². The van der Waals surface area contributed by atoms with Gasteiger partial charge in [0.2, 0.25) is 5.91 Å². The molecule has 0 unspecified atom stereocenters. The first-order valence-electron chi connectivity index (χ1n) is 8.21. The third-order valence-electron chi connectivity index (χ3n) is 3.91. The monoisotopic (exact) mass is 373 g/mol. The Morgan fingerprint density at radius 2 is 1.54 bits per heavy atom. The van der Waals surface area contributed by atoms with Crippen molar-refractivity contribution in [1.82, 2.24) is 5.32 Å². The van der Waals surface area contributed by atoms with Crippen molar-refractivity contribution < 1.29 is 19.5 Å². The Morgan fingerprint density at radius 1 is 1.00 bits per heavy atom. The summed E-state index contributed by atoms with van der Waals surface area (Å²) in [5, 5.41) is 12.3. The first kappa shape index (κ1) is 19.7. The number of benzene rings is 2. The van der Waals surface area contributed by atoms with Crippen LogP contribution in [0.5, 0.6) is 0 Å². The topological polar surface area (TPSA) is 83.5 Å². The SMILES string of the molecule is CC(=O)CC[C@H](NC(=O)Cc1ccc(-c2ccc(Cl)cc2)cc1)C(=O)O. The molecule has 0 radical (unpaired) electrons. The lowest BCUT2D eigenvalue weighted by atomic mass is 10.0. The van der Waals surface area contributed by atoms with Crippen LogP contribution in [0, 0.1) is 0 Å². The van der Waals surface area contributed by atoms with Crippen LogP contribution in [0.3, 0.4) is 0 Å². The number of nitrogens with one attached hydrogen (secondary N) is 1. The number of hydrogen-bond acceptors (Lipinski definition) is 3. The Bertz CT molecular complexity index is 784. The molecule has 0 aliphatic carbocycles. The van der Waals surface area contributed by atoms with E-state index in [9.17, 15) is 14.4 Å². The summed E-state index contributed by atoms with van der Waals surface area (Å²) in [5.41, 5.74) is 2.78. The van der Waals surface area contributed by atoms with Gasteiger partial charge >= 0.3 is 5.97 Å². The molecule has 1 amide bonds. The second kappa shape index (κ2) is 9.15. The number of carbonyl (C=O) groups excluding carboxylic acids is 2. The molecular formula is C20H20ClNO4. The van der Waals surface area contributed by atoms with Gasteiger partial charge in [-0.1, -0.05) is 48.0 Å². The number of halogens is 1. The summed E-state index contributed by atoms with van der Waals surface area (Å²) in [6, 6.07) is 13.8. The van der Waals surface area contributed by atoms with Crippen LogP contribution in [-0.4, -0.2) is 28.8 Å². The fraction of sp³-hybridized carbons (Fsp3) is 0.250. The summed E-state index contributed by atoms with van der Waals surface area (Å²) in [7, 11) is 0. The second-order valence-corrected chi connectivity index (χ2v) is 6.52. The molecule has 0 heterocycles. The molecule has 2 aromatic carbocycles. The summed E-state index contributed by atoms with van der Waals surface area (Å²) >= 11 is 5.88. The zero-order chi connectivity index (χ0) is 19.1. The molecular weight excluding hydrogens is 354 g/mol. The van der Waals surface area contributed by atoms with Crippen LogP contribution in [0.25, 0.3) is 11.1 Å². The number of carboxylic acids is 1. The van der Waals surface area contributed by atoms with Gasteiger partial charge < -0.3 is 15.2 Å². The number of aliphatic carboxylic acids is 1. The molecule has 0 fully saturated rings. The van der Waals surface area contributed by atoms with Gasteiger partial charge in [0.05, 0.1) is 6.42 Å². The molecule has 2 rings (SSSR count). The molecule has 26 heavy (non-hydrogen) atoms. The summed E-state index contributed by atoms with van der Waals surface area (Å²) in [4.78, 5) is 34.3. The zero-order valence-electron chi connectivity index (χ0n) is 14.4. The number of rotatable bonds is 8. The lowest BCUT2D eigenvalue weighted by Gasteiger charge is -2.14. The Labute approximate surface area is 157 Å². The third-order valence-corrected chi connectivity index (χ3v) is 4.17. The Kier molecular flexibility index (Phi) is 6.92. The van der Waals surface area contributed by atoms with Crippen LogP contribution in [0.1, 0.15) is 25.3 Å². The van der Waals surface area contributed by atoms with E-state index in [1.54, 1.807) is 0 Å². The minimum atomic E-state index is -1.14. The number of amides is 1.